The fourth-order valence-corrected chi connectivity index (χ4v) is 7.33. The van der Waals surface area contributed by atoms with E-state index in [0.717, 1.165) is 16.1 Å². The first-order valence-corrected chi connectivity index (χ1v) is 17.9. The van der Waals surface area contributed by atoms with Gasteiger partial charge in [0.2, 0.25) is 0 Å². The first-order valence-electron chi connectivity index (χ1n) is 16.5. The number of ether oxygens (including phenoxy) is 2. The van der Waals surface area contributed by atoms with E-state index in [1.165, 1.54) is 23.0 Å². The van der Waals surface area contributed by atoms with Gasteiger partial charge >= 0.3 is 16.3 Å². The molecule has 0 radical (unpaired) electrons. The van der Waals surface area contributed by atoms with E-state index in [4.69, 9.17) is 9.47 Å². The van der Waals surface area contributed by atoms with Gasteiger partial charge in [0, 0.05) is 50.5 Å². The third-order valence-corrected chi connectivity index (χ3v) is 10.1. The fraction of sp³-hybridized carbons (Fsp3) is 0.400. The van der Waals surface area contributed by atoms with Crippen molar-refractivity contribution in [1.82, 2.24) is 18.8 Å². The van der Waals surface area contributed by atoms with E-state index >= 15 is 4.39 Å². The second kappa shape index (κ2) is 13.9. The summed E-state index contributed by atoms with van der Waals surface area (Å²) in [5, 5.41) is 0.234. The highest BCUT2D eigenvalue weighted by molar-refractivity contribution is 7.90. The first kappa shape index (κ1) is 35.1. The Bertz CT molecular complexity index is 2060. The van der Waals surface area contributed by atoms with Gasteiger partial charge in [0.25, 0.3) is 5.56 Å². The van der Waals surface area contributed by atoms with Gasteiger partial charge in [-0.3, -0.25) is 14.1 Å². The summed E-state index contributed by atoms with van der Waals surface area (Å²) in [6.07, 6.45) is 0.201. The minimum atomic E-state index is -4.08. The number of anilines is 2. The Morgan fingerprint density at radius 3 is 2.34 bits per heavy atom. The number of rotatable bonds is 8. The van der Waals surface area contributed by atoms with Gasteiger partial charge in [-0.15, -0.1) is 0 Å². The lowest BCUT2D eigenvalue weighted by Crippen LogP contribution is -2.50. The highest BCUT2D eigenvalue weighted by Crippen LogP contribution is 2.35. The summed E-state index contributed by atoms with van der Waals surface area (Å²) >= 11 is 0. The van der Waals surface area contributed by atoms with Crippen molar-refractivity contribution < 1.29 is 31.5 Å². The molecule has 2 aliphatic rings. The van der Waals surface area contributed by atoms with Crippen LogP contribution in [0, 0.1) is 5.82 Å². The zero-order chi connectivity index (χ0) is 35.8. The molecule has 1 atom stereocenters. The summed E-state index contributed by atoms with van der Waals surface area (Å²) in [6, 6.07) is 14.5. The molecule has 3 heterocycles. The number of fused-ring (bicyclic) bond motifs is 1. The standard InChI is InChI=1S/C35H40F2N6O6S/c1-5-27-31(39-50(46,47)42-15-14-23(36)21-42)13-11-29(37)32(27)48-26-10-12-30-28(20-26)33(44)43(22-38-30)25-8-6-24(7-9-25)40-16-18-41(19-17-40)34(45)49-35(2,3)4/h6-13,20,22-23,39H,5,14-19,21H2,1-4H3/t23-/m1/s1. The van der Waals surface area contributed by atoms with Crippen molar-refractivity contribution in [1.29, 1.82) is 0 Å². The topological polar surface area (TPSA) is 126 Å². The monoisotopic (exact) mass is 710 g/mol. The molecule has 15 heteroatoms. The molecule has 12 nitrogen and oxygen atoms in total. The van der Waals surface area contributed by atoms with Crippen LogP contribution in [0.15, 0.2) is 65.7 Å². The third kappa shape index (κ3) is 7.53. The molecule has 0 unspecified atom stereocenters. The summed E-state index contributed by atoms with van der Waals surface area (Å²) in [5.74, 6) is -0.753. The van der Waals surface area contributed by atoms with E-state index in [2.05, 4.69) is 14.6 Å². The van der Waals surface area contributed by atoms with Crippen LogP contribution in [-0.2, 0) is 21.4 Å². The van der Waals surface area contributed by atoms with Crippen molar-refractivity contribution in [3.05, 3.63) is 82.7 Å². The lowest BCUT2D eigenvalue weighted by atomic mass is 10.1. The highest BCUT2D eigenvalue weighted by atomic mass is 32.2. The quantitative estimate of drug-likeness (QED) is 0.249. The number of hydrogen-bond acceptors (Lipinski definition) is 8. The second-order valence-electron chi connectivity index (χ2n) is 13.3. The molecule has 0 bridgehead atoms. The number of nitrogens with zero attached hydrogens (tertiary/aromatic N) is 5. The lowest BCUT2D eigenvalue weighted by molar-refractivity contribution is 0.0240. The van der Waals surface area contributed by atoms with Crippen LogP contribution >= 0.6 is 0 Å². The van der Waals surface area contributed by atoms with Crippen LogP contribution in [0.3, 0.4) is 0 Å². The van der Waals surface area contributed by atoms with Crippen molar-refractivity contribution >= 4 is 38.6 Å². The number of nitrogens with one attached hydrogen (secondary N) is 1. The maximum absolute atomic E-state index is 15.2. The lowest BCUT2D eigenvalue weighted by Gasteiger charge is -2.36. The van der Waals surface area contributed by atoms with Crippen LogP contribution in [0.4, 0.5) is 25.0 Å². The Morgan fingerprint density at radius 1 is 1.00 bits per heavy atom. The Kier molecular flexibility index (Phi) is 9.73. The molecule has 1 N–H and O–H groups in total. The van der Waals surface area contributed by atoms with Gasteiger partial charge in [-0.2, -0.15) is 12.7 Å². The van der Waals surface area contributed by atoms with Gasteiger partial charge < -0.3 is 19.3 Å². The molecule has 2 aliphatic heterocycles. The van der Waals surface area contributed by atoms with Crippen molar-refractivity contribution in [2.45, 2.75) is 52.3 Å². The summed E-state index contributed by atoms with van der Waals surface area (Å²) in [5.41, 5.74) is 1.40. The van der Waals surface area contributed by atoms with Crippen LogP contribution in [0.5, 0.6) is 11.5 Å². The molecule has 50 heavy (non-hydrogen) atoms. The maximum atomic E-state index is 15.2. The number of carbonyl (C=O) groups excluding carboxylic acids is 1. The summed E-state index contributed by atoms with van der Waals surface area (Å²) in [7, 11) is -4.08. The number of alkyl halides is 1. The molecule has 6 rings (SSSR count). The van der Waals surface area contributed by atoms with Gasteiger partial charge in [-0.05, 0) is 88.2 Å². The predicted octanol–water partition coefficient (Wildman–Crippen LogP) is 5.64. The molecule has 2 saturated heterocycles. The van der Waals surface area contributed by atoms with Crippen molar-refractivity contribution in [2.75, 3.05) is 48.9 Å². The Balaban J connectivity index is 1.20. The molecule has 1 aromatic heterocycles. The number of benzene rings is 3. The smallest absolute Gasteiger partial charge is 0.410 e. The molecule has 4 aromatic rings. The number of piperazine rings is 1. The average Bonchev–Trinajstić information content (AvgIpc) is 3.53. The number of carbonyl (C=O) groups is 1. The fourth-order valence-electron chi connectivity index (χ4n) is 6.03. The van der Waals surface area contributed by atoms with Gasteiger partial charge in [0.05, 0.1) is 22.3 Å². The Morgan fingerprint density at radius 2 is 1.70 bits per heavy atom. The molecular weight excluding hydrogens is 670 g/mol. The number of halogens is 2. The van der Waals surface area contributed by atoms with Crippen LogP contribution in [0.2, 0.25) is 0 Å². The third-order valence-electron chi connectivity index (χ3n) is 8.61. The summed E-state index contributed by atoms with van der Waals surface area (Å²) < 4.78 is 71.1. The van der Waals surface area contributed by atoms with Gasteiger partial charge in [-0.1, -0.05) is 6.92 Å². The second-order valence-corrected chi connectivity index (χ2v) is 14.9. The molecule has 0 saturated carbocycles. The zero-order valence-electron chi connectivity index (χ0n) is 28.4. The summed E-state index contributed by atoms with van der Waals surface area (Å²) in [4.78, 5) is 34.4. The Labute approximate surface area is 289 Å². The van der Waals surface area contributed by atoms with Crippen LogP contribution < -0.4 is 19.9 Å². The molecular formula is C35H40F2N6O6S. The number of amides is 1. The van der Waals surface area contributed by atoms with Gasteiger partial charge in [0.1, 0.15) is 23.8 Å². The van der Waals surface area contributed by atoms with Gasteiger partial charge in [-0.25, -0.2) is 18.6 Å². The molecule has 0 spiro atoms. The van der Waals surface area contributed by atoms with E-state index in [1.807, 2.05) is 45.0 Å². The summed E-state index contributed by atoms with van der Waals surface area (Å²) in [6.45, 7) is 9.36. The van der Waals surface area contributed by atoms with Crippen LogP contribution in [0.25, 0.3) is 16.6 Å². The van der Waals surface area contributed by atoms with Crippen molar-refractivity contribution in [3.8, 4) is 17.2 Å². The normalized spacial score (nSPS) is 17.3. The van der Waals surface area contributed by atoms with E-state index in [1.54, 1.807) is 24.0 Å². The number of aromatic nitrogens is 2. The maximum Gasteiger partial charge on any atom is 0.410 e. The van der Waals surface area contributed by atoms with E-state index in [-0.39, 0.29) is 65.7 Å². The van der Waals surface area contributed by atoms with E-state index in [9.17, 15) is 22.4 Å². The minimum absolute atomic E-state index is 0.0456. The molecule has 266 valence electrons. The first-order chi connectivity index (χ1) is 23.7. The van der Waals surface area contributed by atoms with E-state index in [0.29, 0.717) is 37.4 Å². The molecule has 2 fully saturated rings. The SMILES string of the molecule is CCc1c(NS(=O)(=O)N2CC[C@@H](F)C2)ccc(F)c1Oc1ccc2ncn(-c3ccc(N4CCN(C(=O)OC(C)(C)C)CC4)cc3)c(=O)c2c1. The molecule has 0 aliphatic carbocycles. The average molecular weight is 711 g/mol. The predicted molar refractivity (Wildman–Crippen MR) is 187 cm³/mol. The van der Waals surface area contributed by atoms with Crippen LogP contribution in [0.1, 0.15) is 39.7 Å². The largest absolute Gasteiger partial charge is 0.454 e. The van der Waals surface area contributed by atoms with Crippen molar-refractivity contribution in [2.24, 2.45) is 0 Å². The van der Waals surface area contributed by atoms with Crippen LogP contribution in [-0.4, -0.2) is 84.3 Å². The van der Waals surface area contributed by atoms with E-state index < -0.39 is 27.8 Å². The zero-order valence-corrected chi connectivity index (χ0v) is 29.2. The molecule has 1 amide bonds. The minimum Gasteiger partial charge on any atom is -0.454 e. The number of hydrogen-bond donors (Lipinski definition) is 1. The van der Waals surface area contributed by atoms with Gasteiger partial charge in [0.15, 0.2) is 11.6 Å². The Hall–Kier alpha value is -4.76. The molecule has 3 aromatic carbocycles. The van der Waals surface area contributed by atoms with Crippen molar-refractivity contribution in [3.63, 3.8) is 0 Å². The highest BCUT2D eigenvalue weighted by Gasteiger charge is 2.32.